The van der Waals surface area contributed by atoms with Crippen LogP contribution in [-0.4, -0.2) is 29.0 Å². The molecule has 0 fully saturated rings. The monoisotopic (exact) mass is 270 g/mol. The van der Waals surface area contributed by atoms with Gasteiger partial charge in [-0.05, 0) is 31.5 Å². The number of nitrogens with zero attached hydrogens (tertiary/aromatic N) is 2. The number of benzene rings is 1. The van der Waals surface area contributed by atoms with Crippen LogP contribution in [0, 0.1) is 13.8 Å². The number of aromatic nitrogens is 2. The standard InChI is InChI=1S/C15H18N4O/c1-11-4-5-12(2)13(10-11)14(20)16-8-9-19-15-17-6-3-7-18-15/h3-7,10H,8-9H2,1-2H3,(H,16,20)(H,17,18,19). The molecule has 0 aliphatic rings. The van der Waals surface area contributed by atoms with E-state index in [1.807, 2.05) is 32.0 Å². The van der Waals surface area contributed by atoms with Gasteiger partial charge in [0.15, 0.2) is 0 Å². The van der Waals surface area contributed by atoms with Gasteiger partial charge < -0.3 is 10.6 Å². The van der Waals surface area contributed by atoms with E-state index < -0.39 is 0 Å². The Morgan fingerprint density at radius 2 is 1.90 bits per heavy atom. The van der Waals surface area contributed by atoms with Gasteiger partial charge in [-0.15, -0.1) is 0 Å². The number of anilines is 1. The molecule has 0 saturated carbocycles. The van der Waals surface area contributed by atoms with Crippen LogP contribution in [-0.2, 0) is 0 Å². The van der Waals surface area contributed by atoms with Crippen molar-refractivity contribution in [3.8, 4) is 0 Å². The van der Waals surface area contributed by atoms with Crippen molar-refractivity contribution in [3.05, 3.63) is 53.3 Å². The van der Waals surface area contributed by atoms with E-state index in [-0.39, 0.29) is 5.91 Å². The van der Waals surface area contributed by atoms with Crippen molar-refractivity contribution >= 4 is 11.9 Å². The Labute approximate surface area is 118 Å². The highest BCUT2D eigenvalue weighted by molar-refractivity contribution is 5.95. The summed E-state index contributed by atoms with van der Waals surface area (Å²) in [5.41, 5.74) is 2.78. The molecule has 0 saturated heterocycles. The van der Waals surface area contributed by atoms with E-state index in [9.17, 15) is 4.79 Å². The van der Waals surface area contributed by atoms with Gasteiger partial charge in [-0.25, -0.2) is 9.97 Å². The number of carbonyl (C=O) groups excluding carboxylic acids is 1. The summed E-state index contributed by atoms with van der Waals surface area (Å²) in [5, 5.41) is 5.92. The molecule has 0 radical (unpaired) electrons. The van der Waals surface area contributed by atoms with Gasteiger partial charge in [-0.3, -0.25) is 4.79 Å². The molecular formula is C15H18N4O. The van der Waals surface area contributed by atoms with E-state index in [1.54, 1.807) is 18.5 Å². The lowest BCUT2D eigenvalue weighted by Crippen LogP contribution is -2.29. The van der Waals surface area contributed by atoms with Crippen molar-refractivity contribution in [1.29, 1.82) is 0 Å². The molecule has 1 heterocycles. The zero-order valence-corrected chi connectivity index (χ0v) is 11.7. The summed E-state index contributed by atoms with van der Waals surface area (Å²) in [7, 11) is 0. The first-order chi connectivity index (χ1) is 9.66. The quantitative estimate of drug-likeness (QED) is 0.815. The summed E-state index contributed by atoms with van der Waals surface area (Å²) >= 11 is 0. The molecule has 2 N–H and O–H groups in total. The van der Waals surface area contributed by atoms with Crippen LogP contribution in [0.3, 0.4) is 0 Å². The van der Waals surface area contributed by atoms with Crippen molar-refractivity contribution in [2.75, 3.05) is 18.4 Å². The van der Waals surface area contributed by atoms with E-state index >= 15 is 0 Å². The van der Waals surface area contributed by atoms with Crippen molar-refractivity contribution in [3.63, 3.8) is 0 Å². The molecule has 0 spiro atoms. The number of nitrogens with one attached hydrogen (secondary N) is 2. The molecule has 1 aromatic carbocycles. The maximum atomic E-state index is 12.1. The van der Waals surface area contributed by atoms with Gasteiger partial charge >= 0.3 is 0 Å². The van der Waals surface area contributed by atoms with Gasteiger partial charge in [0.1, 0.15) is 0 Å². The van der Waals surface area contributed by atoms with Gasteiger partial charge in [-0.1, -0.05) is 17.7 Å². The van der Waals surface area contributed by atoms with Crippen LogP contribution < -0.4 is 10.6 Å². The predicted molar refractivity (Wildman–Crippen MR) is 78.8 cm³/mol. The number of aryl methyl sites for hydroxylation is 2. The van der Waals surface area contributed by atoms with E-state index in [0.717, 1.165) is 16.7 Å². The van der Waals surface area contributed by atoms with Crippen LogP contribution in [0.4, 0.5) is 5.95 Å². The molecule has 1 aromatic heterocycles. The molecule has 2 rings (SSSR count). The van der Waals surface area contributed by atoms with Gasteiger partial charge in [-0.2, -0.15) is 0 Å². The van der Waals surface area contributed by atoms with E-state index in [0.29, 0.717) is 19.0 Å². The molecule has 2 aromatic rings. The van der Waals surface area contributed by atoms with Gasteiger partial charge in [0.05, 0.1) is 0 Å². The van der Waals surface area contributed by atoms with Crippen LogP contribution in [0.1, 0.15) is 21.5 Å². The highest BCUT2D eigenvalue weighted by Gasteiger charge is 2.08. The van der Waals surface area contributed by atoms with Crippen molar-refractivity contribution < 1.29 is 4.79 Å². The Morgan fingerprint density at radius 1 is 1.15 bits per heavy atom. The van der Waals surface area contributed by atoms with Crippen LogP contribution in [0.25, 0.3) is 0 Å². The molecule has 104 valence electrons. The molecule has 5 nitrogen and oxygen atoms in total. The van der Waals surface area contributed by atoms with E-state index in [1.165, 1.54) is 0 Å². The fourth-order valence-corrected chi connectivity index (χ4v) is 1.82. The third-order valence-electron chi connectivity index (χ3n) is 2.90. The second-order valence-electron chi connectivity index (χ2n) is 4.57. The molecule has 0 bridgehead atoms. The normalized spacial score (nSPS) is 10.1. The van der Waals surface area contributed by atoms with Gasteiger partial charge in [0, 0.05) is 31.0 Å². The summed E-state index contributed by atoms with van der Waals surface area (Å²) < 4.78 is 0. The molecule has 0 aliphatic carbocycles. The minimum atomic E-state index is -0.0537. The van der Waals surface area contributed by atoms with Gasteiger partial charge in [0.2, 0.25) is 5.95 Å². The van der Waals surface area contributed by atoms with Gasteiger partial charge in [0.25, 0.3) is 5.91 Å². The second-order valence-corrected chi connectivity index (χ2v) is 4.57. The lowest BCUT2D eigenvalue weighted by atomic mass is 10.1. The van der Waals surface area contributed by atoms with Crippen molar-refractivity contribution in [1.82, 2.24) is 15.3 Å². The Morgan fingerprint density at radius 3 is 2.65 bits per heavy atom. The minimum Gasteiger partial charge on any atom is -0.352 e. The third-order valence-corrected chi connectivity index (χ3v) is 2.90. The first kappa shape index (κ1) is 14.0. The molecule has 5 heteroatoms. The first-order valence-electron chi connectivity index (χ1n) is 6.53. The first-order valence-corrected chi connectivity index (χ1v) is 6.53. The van der Waals surface area contributed by atoms with Crippen molar-refractivity contribution in [2.45, 2.75) is 13.8 Å². The van der Waals surface area contributed by atoms with E-state index in [4.69, 9.17) is 0 Å². The zero-order valence-electron chi connectivity index (χ0n) is 11.7. The molecule has 0 atom stereocenters. The van der Waals surface area contributed by atoms with Crippen LogP contribution >= 0.6 is 0 Å². The average molecular weight is 270 g/mol. The number of hydrogen-bond acceptors (Lipinski definition) is 4. The Kier molecular flexibility index (Phi) is 4.65. The lowest BCUT2D eigenvalue weighted by Gasteiger charge is -2.09. The minimum absolute atomic E-state index is 0.0537. The number of amides is 1. The number of rotatable bonds is 5. The van der Waals surface area contributed by atoms with Crippen molar-refractivity contribution in [2.24, 2.45) is 0 Å². The third kappa shape index (κ3) is 3.78. The highest BCUT2D eigenvalue weighted by Crippen LogP contribution is 2.10. The zero-order chi connectivity index (χ0) is 14.4. The predicted octanol–water partition coefficient (Wildman–Crippen LogP) is 1.94. The molecule has 0 aliphatic heterocycles. The maximum Gasteiger partial charge on any atom is 0.251 e. The molecule has 0 unspecified atom stereocenters. The topological polar surface area (TPSA) is 66.9 Å². The summed E-state index contributed by atoms with van der Waals surface area (Å²) in [6.45, 7) is 5.01. The van der Waals surface area contributed by atoms with Crippen LogP contribution in [0.5, 0.6) is 0 Å². The largest absolute Gasteiger partial charge is 0.352 e. The summed E-state index contributed by atoms with van der Waals surface area (Å²) in [5.74, 6) is 0.510. The molecule has 1 amide bonds. The summed E-state index contributed by atoms with van der Waals surface area (Å²) in [4.78, 5) is 20.1. The molecule has 20 heavy (non-hydrogen) atoms. The summed E-state index contributed by atoms with van der Waals surface area (Å²) in [6, 6.07) is 7.62. The smallest absolute Gasteiger partial charge is 0.251 e. The molecular weight excluding hydrogens is 252 g/mol. The van der Waals surface area contributed by atoms with E-state index in [2.05, 4.69) is 20.6 Å². The van der Waals surface area contributed by atoms with Crippen LogP contribution in [0.15, 0.2) is 36.7 Å². The maximum absolute atomic E-state index is 12.1. The Hall–Kier alpha value is -2.43. The number of hydrogen-bond donors (Lipinski definition) is 2. The lowest BCUT2D eigenvalue weighted by molar-refractivity contribution is 0.0954. The number of carbonyl (C=O) groups is 1. The van der Waals surface area contributed by atoms with Crippen LogP contribution in [0.2, 0.25) is 0 Å². The SMILES string of the molecule is Cc1ccc(C)c(C(=O)NCCNc2ncccn2)c1. The Bertz CT molecular complexity index is 584. The highest BCUT2D eigenvalue weighted by atomic mass is 16.1. The fraction of sp³-hybridized carbons (Fsp3) is 0.267. The summed E-state index contributed by atoms with van der Waals surface area (Å²) in [6.07, 6.45) is 3.34. The average Bonchev–Trinajstić information content (AvgIpc) is 2.47. The second kappa shape index (κ2) is 6.65. The Balaban J connectivity index is 1.82. The fourth-order valence-electron chi connectivity index (χ4n) is 1.82.